The maximum Gasteiger partial charge on any atom is 0.417 e. The van der Waals surface area contributed by atoms with Crippen LogP contribution in [0.3, 0.4) is 0 Å². The molecule has 1 aliphatic rings. The van der Waals surface area contributed by atoms with Crippen molar-refractivity contribution in [3.8, 4) is 6.07 Å². The zero-order chi connectivity index (χ0) is 18.7. The van der Waals surface area contributed by atoms with E-state index >= 15 is 0 Å². The lowest BCUT2D eigenvalue weighted by atomic mass is 10.0. The molecule has 1 aromatic carbocycles. The number of piperazine rings is 1. The Labute approximate surface area is 147 Å². The van der Waals surface area contributed by atoms with Gasteiger partial charge in [0, 0.05) is 38.8 Å². The second-order valence-electron chi connectivity index (χ2n) is 6.02. The van der Waals surface area contributed by atoms with Crippen molar-refractivity contribution >= 4 is 5.69 Å². The van der Waals surface area contributed by atoms with Crippen LogP contribution in [0.4, 0.5) is 18.9 Å². The molecule has 2 heterocycles. The number of alkyl halides is 3. The van der Waals surface area contributed by atoms with Gasteiger partial charge in [0.2, 0.25) is 0 Å². The lowest BCUT2D eigenvalue weighted by molar-refractivity contribution is -0.138. The number of aromatic amines is 1. The summed E-state index contributed by atoms with van der Waals surface area (Å²) in [4.78, 5) is 15.2. The van der Waals surface area contributed by atoms with Gasteiger partial charge < -0.3 is 4.90 Å². The molecule has 1 fully saturated rings. The third kappa shape index (κ3) is 3.86. The fourth-order valence-corrected chi connectivity index (χ4v) is 3.10. The number of rotatable bonds is 3. The number of aromatic nitrogens is 2. The molecule has 1 aliphatic heterocycles. The number of nitrogens with zero attached hydrogens (tertiary/aromatic N) is 4. The van der Waals surface area contributed by atoms with Crippen molar-refractivity contribution in [3.63, 3.8) is 0 Å². The van der Waals surface area contributed by atoms with Gasteiger partial charge in [-0.2, -0.15) is 23.5 Å². The summed E-state index contributed by atoms with van der Waals surface area (Å²) in [5.41, 5.74) is -0.723. The van der Waals surface area contributed by atoms with E-state index in [1.807, 2.05) is 9.80 Å². The highest BCUT2D eigenvalue weighted by Gasteiger charge is 2.36. The number of hydrogen-bond acceptors (Lipinski definition) is 5. The molecule has 9 heteroatoms. The zero-order valence-corrected chi connectivity index (χ0v) is 13.8. The molecule has 2 aromatic rings. The summed E-state index contributed by atoms with van der Waals surface area (Å²) in [5.74, 6) is 0. The largest absolute Gasteiger partial charge is 0.417 e. The topological polar surface area (TPSA) is 76.0 Å². The highest BCUT2D eigenvalue weighted by Crippen LogP contribution is 2.35. The average molecular weight is 363 g/mol. The van der Waals surface area contributed by atoms with Crippen molar-refractivity contribution in [2.45, 2.75) is 12.7 Å². The molecule has 26 heavy (non-hydrogen) atoms. The Kier molecular flexibility index (Phi) is 4.95. The minimum absolute atomic E-state index is 0.0998. The van der Waals surface area contributed by atoms with Gasteiger partial charge in [-0.15, -0.1) is 0 Å². The van der Waals surface area contributed by atoms with Crippen LogP contribution in [0.1, 0.15) is 16.7 Å². The van der Waals surface area contributed by atoms with Gasteiger partial charge in [-0.1, -0.05) is 12.1 Å². The maximum atomic E-state index is 13.4. The van der Waals surface area contributed by atoms with Crippen molar-refractivity contribution < 1.29 is 13.2 Å². The molecule has 0 bridgehead atoms. The van der Waals surface area contributed by atoms with Crippen LogP contribution < -0.4 is 10.5 Å². The smallest absolute Gasteiger partial charge is 0.368 e. The number of nitriles is 1. The van der Waals surface area contributed by atoms with Crippen LogP contribution in [0.5, 0.6) is 0 Å². The molecule has 0 atom stereocenters. The van der Waals surface area contributed by atoms with Crippen LogP contribution in [0, 0.1) is 11.3 Å². The molecule has 0 unspecified atom stereocenters. The Balaban J connectivity index is 1.73. The number of anilines is 1. The third-order valence-electron chi connectivity index (χ3n) is 4.34. The van der Waals surface area contributed by atoms with Gasteiger partial charge in [-0.3, -0.25) is 9.69 Å². The molecular weight excluding hydrogens is 347 g/mol. The zero-order valence-electron chi connectivity index (χ0n) is 13.8. The Morgan fingerprint density at radius 2 is 1.96 bits per heavy atom. The van der Waals surface area contributed by atoms with Crippen LogP contribution in [-0.4, -0.2) is 41.3 Å². The second kappa shape index (κ2) is 7.17. The Morgan fingerprint density at radius 3 is 2.58 bits per heavy atom. The van der Waals surface area contributed by atoms with Crippen molar-refractivity contribution in [2.75, 3.05) is 31.1 Å². The first kappa shape index (κ1) is 17.9. The monoisotopic (exact) mass is 363 g/mol. The predicted octanol–water partition coefficient (Wildman–Crippen LogP) is 1.98. The number of halogens is 3. The number of hydrogen-bond donors (Lipinski definition) is 1. The number of nitrogens with one attached hydrogen (secondary N) is 1. The van der Waals surface area contributed by atoms with Crippen LogP contribution in [0.25, 0.3) is 0 Å². The Hall–Kier alpha value is -2.86. The average Bonchev–Trinajstić information content (AvgIpc) is 2.61. The quantitative estimate of drug-likeness (QED) is 0.903. The summed E-state index contributed by atoms with van der Waals surface area (Å²) >= 11 is 0. The van der Waals surface area contributed by atoms with E-state index in [2.05, 4.69) is 10.2 Å². The first-order valence-electron chi connectivity index (χ1n) is 7.99. The third-order valence-corrected chi connectivity index (χ3v) is 4.34. The van der Waals surface area contributed by atoms with Crippen molar-refractivity contribution in [2.24, 2.45) is 0 Å². The maximum absolute atomic E-state index is 13.4. The minimum Gasteiger partial charge on any atom is -0.368 e. The molecule has 0 amide bonds. The summed E-state index contributed by atoms with van der Waals surface area (Å²) in [6, 6.07) is 7.14. The Bertz CT molecular complexity index is 879. The summed E-state index contributed by atoms with van der Waals surface area (Å²) < 4.78 is 40.1. The molecule has 0 radical (unpaired) electrons. The summed E-state index contributed by atoms with van der Waals surface area (Å²) in [6.07, 6.45) is -3.02. The van der Waals surface area contributed by atoms with Gasteiger partial charge in [0.25, 0.3) is 5.56 Å². The molecule has 1 aromatic heterocycles. The van der Waals surface area contributed by atoms with Gasteiger partial charge in [-0.25, -0.2) is 5.10 Å². The molecule has 1 N–H and O–H groups in total. The lowest BCUT2D eigenvalue weighted by Gasteiger charge is -2.36. The molecule has 0 aliphatic carbocycles. The molecule has 136 valence electrons. The standard InChI is InChI=1S/C17H16F3N5O/c18-17(19,20)16-12(9-21)2-1-3-13(16)11-24-4-6-25(7-5-24)14-8-15(26)23-22-10-14/h1-3,8,10H,4-7,11H2,(H,23,26). The SMILES string of the molecule is N#Cc1cccc(CN2CCN(c3cn[nH]c(=O)c3)CC2)c1C(F)(F)F. The molecule has 6 nitrogen and oxygen atoms in total. The van der Waals surface area contributed by atoms with E-state index in [0.29, 0.717) is 31.9 Å². The first-order valence-corrected chi connectivity index (χ1v) is 7.99. The van der Waals surface area contributed by atoms with E-state index in [1.165, 1.54) is 24.3 Å². The van der Waals surface area contributed by atoms with Gasteiger partial charge in [0.1, 0.15) is 0 Å². The minimum atomic E-state index is -4.57. The number of H-pyrrole nitrogens is 1. The molecule has 0 spiro atoms. The molecule has 0 saturated carbocycles. The Morgan fingerprint density at radius 1 is 1.23 bits per heavy atom. The van der Waals surface area contributed by atoms with Gasteiger partial charge in [0.15, 0.2) is 0 Å². The fourth-order valence-electron chi connectivity index (χ4n) is 3.10. The van der Waals surface area contributed by atoms with E-state index in [4.69, 9.17) is 5.26 Å². The second-order valence-corrected chi connectivity index (χ2v) is 6.02. The normalized spacial score (nSPS) is 15.7. The summed E-state index contributed by atoms with van der Waals surface area (Å²) in [7, 11) is 0. The van der Waals surface area contributed by atoms with Crippen LogP contribution in [0.2, 0.25) is 0 Å². The van der Waals surface area contributed by atoms with Crippen LogP contribution in [0.15, 0.2) is 35.3 Å². The van der Waals surface area contributed by atoms with Gasteiger partial charge in [0.05, 0.1) is 29.1 Å². The van der Waals surface area contributed by atoms with E-state index in [1.54, 1.807) is 12.3 Å². The van der Waals surface area contributed by atoms with Crippen LogP contribution >= 0.6 is 0 Å². The van der Waals surface area contributed by atoms with Gasteiger partial charge >= 0.3 is 6.18 Å². The molecular formula is C17H16F3N5O. The highest BCUT2D eigenvalue weighted by atomic mass is 19.4. The van der Waals surface area contributed by atoms with E-state index < -0.39 is 11.7 Å². The lowest BCUT2D eigenvalue weighted by Crippen LogP contribution is -2.46. The predicted molar refractivity (Wildman–Crippen MR) is 88.5 cm³/mol. The van der Waals surface area contributed by atoms with Crippen molar-refractivity contribution in [1.82, 2.24) is 15.1 Å². The van der Waals surface area contributed by atoms with Crippen molar-refractivity contribution in [3.05, 3.63) is 57.5 Å². The van der Waals surface area contributed by atoms with Crippen LogP contribution in [-0.2, 0) is 12.7 Å². The molecule has 3 rings (SSSR count). The van der Waals surface area contributed by atoms with E-state index in [9.17, 15) is 18.0 Å². The fraction of sp³-hybridized carbons (Fsp3) is 0.353. The highest BCUT2D eigenvalue weighted by molar-refractivity contribution is 5.45. The van der Waals surface area contributed by atoms with E-state index in [0.717, 1.165) is 0 Å². The van der Waals surface area contributed by atoms with E-state index in [-0.39, 0.29) is 23.2 Å². The molecule has 1 saturated heterocycles. The number of benzene rings is 1. The summed E-state index contributed by atoms with van der Waals surface area (Å²) in [6.45, 7) is 2.35. The summed E-state index contributed by atoms with van der Waals surface area (Å²) in [5, 5.41) is 15.1. The van der Waals surface area contributed by atoms with Crippen molar-refractivity contribution in [1.29, 1.82) is 5.26 Å². The van der Waals surface area contributed by atoms with Gasteiger partial charge in [-0.05, 0) is 11.6 Å². The first-order chi connectivity index (χ1) is 12.4.